The zero-order valence-corrected chi connectivity index (χ0v) is 11.1. The average Bonchev–Trinajstić information content (AvgIpc) is 2.57. The highest BCUT2D eigenvalue weighted by molar-refractivity contribution is 5.88. The van der Waals surface area contributed by atoms with Crippen LogP contribution in [0.2, 0.25) is 0 Å². The van der Waals surface area contributed by atoms with Gasteiger partial charge < -0.3 is 16.2 Å². The predicted octanol–water partition coefficient (Wildman–Crippen LogP) is 1.27. The number of carboxylic acid groups (broad SMARTS) is 1. The van der Waals surface area contributed by atoms with Crippen LogP contribution in [0.5, 0.6) is 0 Å². The molecule has 5 nitrogen and oxygen atoms in total. The van der Waals surface area contributed by atoms with Crippen molar-refractivity contribution in [2.45, 2.75) is 57.4 Å². The minimum Gasteiger partial charge on any atom is -0.480 e. The largest absolute Gasteiger partial charge is 0.480 e. The van der Waals surface area contributed by atoms with E-state index in [-0.39, 0.29) is 18.4 Å². The lowest BCUT2D eigenvalue weighted by Gasteiger charge is -2.30. The summed E-state index contributed by atoms with van der Waals surface area (Å²) in [6.07, 6.45) is 5.47. The molecule has 0 aromatic rings. The van der Waals surface area contributed by atoms with Gasteiger partial charge in [0.05, 0.1) is 0 Å². The molecule has 0 radical (unpaired) electrons. The van der Waals surface area contributed by atoms with Crippen molar-refractivity contribution < 1.29 is 14.7 Å². The van der Waals surface area contributed by atoms with Gasteiger partial charge in [-0.1, -0.05) is 32.6 Å². The molecule has 1 aliphatic carbocycles. The molecule has 1 amide bonds. The summed E-state index contributed by atoms with van der Waals surface area (Å²) >= 11 is 0. The van der Waals surface area contributed by atoms with Crippen LogP contribution in [0.3, 0.4) is 0 Å². The summed E-state index contributed by atoms with van der Waals surface area (Å²) in [7, 11) is 0. The first-order chi connectivity index (χ1) is 8.55. The Morgan fingerprint density at radius 1 is 1.28 bits per heavy atom. The summed E-state index contributed by atoms with van der Waals surface area (Å²) in [6, 6.07) is 0. The monoisotopic (exact) mass is 256 g/mol. The van der Waals surface area contributed by atoms with Crippen LogP contribution in [0, 0.1) is 5.92 Å². The number of rotatable bonds is 5. The number of nitrogens with two attached hydrogens (primary N) is 1. The van der Waals surface area contributed by atoms with Crippen molar-refractivity contribution in [1.29, 1.82) is 0 Å². The number of carbonyl (C=O) groups excluding carboxylic acids is 1. The van der Waals surface area contributed by atoms with Crippen LogP contribution in [-0.4, -0.2) is 29.1 Å². The fourth-order valence-electron chi connectivity index (χ4n) is 2.52. The minimum atomic E-state index is -1.07. The molecule has 1 fully saturated rings. The molecular weight excluding hydrogens is 232 g/mol. The van der Waals surface area contributed by atoms with Crippen molar-refractivity contribution in [2.24, 2.45) is 11.7 Å². The Balaban J connectivity index is 2.78. The first kappa shape index (κ1) is 15.0. The van der Waals surface area contributed by atoms with Crippen LogP contribution >= 0.6 is 0 Å². The van der Waals surface area contributed by atoms with Crippen molar-refractivity contribution in [1.82, 2.24) is 5.32 Å². The lowest BCUT2D eigenvalue weighted by Crippen LogP contribution is -2.56. The molecule has 4 N–H and O–H groups in total. The van der Waals surface area contributed by atoms with Crippen molar-refractivity contribution >= 4 is 11.9 Å². The summed E-state index contributed by atoms with van der Waals surface area (Å²) in [5.74, 6) is -1.42. The molecule has 104 valence electrons. The Labute approximate surface area is 108 Å². The molecule has 1 rings (SSSR count). The van der Waals surface area contributed by atoms with E-state index < -0.39 is 11.5 Å². The van der Waals surface area contributed by atoms with Crippen LogP contribution in [-0.2, 0) is 9.59 Å². The van der Waals surface area contributed by atoms with Gasteiger partial charge in [0.25, 0.3) is 0 Å². The summed E-state index contributed by atoms with van der Waals surface area (Å²) in [4.78, 5) is 23.6. The number of hydrogen-bond donors (Lipinski definition) is 3. The molecule has 18 heavy (non-hydrogen) atoms. The third-order valence-corrected chi connectivity index (χ3v) is 3.88. The van der Waals surface area contributed by atoms with Crippen molar-refractivity contribution in [3.05, 3.63) is 0 Å². The topological polar surface area (TPSA) is 92.4 Å². The van der Waals surface area contributed by atoms with Crippen molar-refractivity contribution in [3.8, 4) is 0 Å². The lowest BCUT2D eigenvalue weighted by atomic mass is 9.89. The minimum absolute atomic E-state index is 0.218. The highest BCUT2D eigenvalue weighted by Gasteiger charge is 2.40. The third-order valence-electron chi connectivity index (χ3n) is 3.88. The standard InChI is InChI=1S/C13H24N2O3/c1-2-10(9-14)11(16)15-13(12(17)18)7-5-3-4-6-8-13/h10H,2-9,14H2,1H3,(H,15,16)(H,17,18). The van der Waals surface area contributed by atoms with E-state index in [2.05, 4.69) is 5.32 Å². The first-order valence-corrected chi connectivity index (χ1v) is 6.81. The molecule has 5 heteroatoms. The summed E-state index contributed by atoms with van der Waals surface area (Å²) < 4.78 is 0. The van der Waals surface area contributed by atoms with Gasteiger partial charge in [0.1, 0.15) is 5.54 Å². The van der Waals surface area contributed by atoms with Crippen LogP contribution in [0.15, 0.2) is 0 Å². The zero-order chi connectivity index (χ0) is 13.6. The SMILES string of the molecule is CCC(CN)C(=O)NC1(C(=O)O)CCCCCC1. The Morgan fingerprint density at radius 3 is 2.22 bits per heavy atom. The summed E-state index contributed by atoms with van der Waals surface area (Å²) in [5.41, 5.74) is 4.46. The third kappa shape index (κ3) is 3.45. The fraction of sp³-hybridized carbons (Fsp3) is 0.846. The molecule has 0 aromatic carbocycles. The molecule has 0 aromatic heterocycles. The van der Waals surface area contributed by atoms with E-state index in [0.717, 1.165) is 25.7 Å². The van der Waals surface area contributed by atoms with Gasteiger partial charge in [0, 0.05) is 12.5 Å². The van der Waals surface area contributed by atoms with Crippen LogP contribution in [0.25, 0.3) is 0 Å². The van der Waals surface area contributed by atoms with E-state index in [9.17, 15) is 14.7 Å². The van der Waals surface area contributed by atoms with E-state index in [1.807, 2.05) is 6.92 Å². The molecular formula is C13H24N2O3. The summed E-state index contributed by atoms with van der Waals surface area (Å²) in [6.45, 7) is 2.15. The molecule has 0 heterocycles. The lowest BCUT2D eigenvalue weighted by molar-refractivity contribution is -0.149. The second-order valence-electron chi connectivity index (χ2n) is 5.13. The highest BCUT2D eigenvalue weighted by atomic mass is 16.4. The number of amides is 1. The van der Waals surface area contributed by atoms with Gasteiger partial charge in [0.15, 0.2) is 0 Å². The van der Waals surface area contributed by atoms with Gasteiger partial charge in [0.2, 0.25) is 5.91 Å². The zero-order valence-electron chi connectivity index (χ0n) is 11.1. The van der Waals surface area contributed by atoms with Crippen LogP contribution < -0.4 is 11.1 Å². The smallest absolute Gasteiger partial charge is 0.329 e. The first-order valence-electron chi connectivity index (χ1n) is 6.81. The van der Waals surface area contributed by atoms with E-state index >= 15 is 0 Å². The molecule has 0 saturated heterocycles. The second kappa shape index (κ2) is 6.73. The van der Waals surface area contributed by atoms with Gasteiger partial charge in [-0.05, 0) is 19.3 Å². The molecule has 0 spiro atoms. The van der Waals surface area contributed by atoms with Gasteiger partial charge in [-0.3, -0.25) is 4.79 Å². The van der Waals surface area contributed by atoms with Gasteiger partial charge in [-0.2, -0.15) is 0 Å². The van der Waals surface area contributed by atoms with Gasteiger partial charge in [-0.25, -0.2) is 4.79 Å². The van der Waals surface area contributed by atoms with Crippen molar-refractivity contribution in [2.75, 3.05) is 6.54 Å². The maximum absolute atomic E-state index is 12.0. The van der Waals surface area contributed by atoms with E-state index in [1.54, 1.807) is 0 Å². The van der Waals surface area contributed by atoms with Crippen LogP contribution in [0.1, 0.15) is 51.9 Å². The fourth-order valence-corrected chi connectivity index (χ4v) is 2.52. The molecule has 1 saturated carbocycles. The quantitative estimate of drug-likeness (QED) is 0.646. The highest BCUT2D eigenvalue weighted by Crippen LogP contribution is 2.28. The van der Waals surface area contributed by atoms with E-state index in [0.29, 0.717) is 19.3 Å². The molecule has 1 aliphatic rings. The predicted molar refractivity (Wildman–Crippen MR) is 69.0 cm³/mol. The van der Waals surface area contributed by atoms with Gasteiger partial charge in [-0.15, -0.1) is 0 Å². The number of carbonyl (C=O) groups is 2. The normalized spacial score (nSPS) is 20.8. The maximum atomic E-state index is 12.0. The number of nitrogens with one attached hydrogen (secondary N) is 1. The Kier molecular flexibility index (Phi) is 5.59. The average molecular weight is 256 g/mol. The van der Waals surface area contributed by atoms with E-state index in [1.165, 1.54) is 0 Å². The Morgan fingerprint density at radius 2 is 1.83 bits per heavy atom. The van der Waals surface area contributed by atoms with Gasteiger partial charge >= 0.3 is 5.97 Å². The van der Waals surface area contributed by atoms with Crippen LogP contribution in [0.4, 0.5) is 0 Å². The Hall–Kier alpha value is -1.10. The summed E-state index contributed by atoms with van der Waals surface area (Å²) in [5, 5.41) is 12.2. The van der Waals surface area contributed by atoms with Crippen molar-refractivity contribution in [3.63, 3.8) is 0 Å². The second-order valence-corrected chi connectivity index (χ2v) is 5.13. The number of carboxylic acids is 1. The Bertz CT molecular complexity index is 293. The maximum Gasteiger partial charge on any atom is 0.329 e. The number of hydrogen-bond acceptors (Lipinski definition) is 3. The number of aliphatic carboxylic acids is 1. The molecule has 1 unspecified atom stereocenters. The van der Waals surface area contributed by atoms with E-state index in [4.69, 9.17) is 5.73 Å². The molecule has 1 atom stereocenters. The molecule has 0 bridgehead atoms. The molecule has 0 aliphatic heterocycles.